The molecule has 11 heteroatoms. The fourth-order valence-electron chi connectivity index (χ4n) is 3.84. The van der Waals surface area contributed by atoms with E-state index in [1.165, 1.54) is 11.9 Å². The Morgan fingerprint density at radius 2 is 1.58 bits per heavy atom. The van der Waals surface area contributed by atoms with E-state index in [1.807, 2.05) is 18.2 Å². The van der Waals surface area contributed by atoms with Gasteiger partial charge in [0.15, 0.2) is 0 Å². The van der Waals surface area contributed by atoms with E-state index < -0.39 is 28.5 Å². The number of nitrogens with one attached hydrogen (secondary N) is 1. The first-order chi connectivity index (χ1) is 18.0. The van der Waals surface area contributed by atoms with Crippen molar-refractivity contribution in [2.24, 2.45) is 0 Å². The van der Waals surface area contributed by atoms with Crippen molar-refractivity contribution < 1.29 is 22.7 Å². The van der Waals surface area contributed by atoms with Crippen LogP contribution in [-0.2, 0) is 26.2 Å². The van der Waals surface area contributed by atoms with Crippen molar-refractivity contribution in [2.45, 2.75) is 25.9 Å². The first-order valence-corrected chi connectivity index (χ1v) is 14.4. The first kappa shape index (κ1) is 29.3. The second-order valence-corrected chi connectivity index (χ2v) is 11.2. The standard InChI is InChI=1S/C27H29Cl2N3O5S/c1-4-25(27(34)30-2)31(17-19-10-15-23(28)24(29)16-19)26(33)18-32(38(3,35)36)20-11-13-22(14-12-20)37-21-8-6-5-7-9-21/h5-16,25H,4,17-18H2,1-3H3,(H,30,34)/t25-/m0/s1. The Labute approximate surface area is 233 Å². The first-order valence-electron chi connectivity index (χ1n) is 11.8. The van der Waals surface area contributed by atoms with Crippen LogP contribution < -0.4 is 14.4 Å². The number of ether oxygens (including phenoxy) is 1. The van der Waals surface area contributed by atoms with Crippen LogP contribution in [0.1, 0.15) is 18.9 Å². The number of anilines is 1. The number of amides is 2. The van der Waals surface area contributed by atoms with Gasteiger partial charge in [0.1, 0.15) is 24.1 Å². The normalized spacial score (nSPS) is 11.9. The monoisotopic (exact) mass is 577 g/mol. The van der Waals surface area contributed by atoms with E-state index in [0.717, 1.165) is 10.6 Å². The molecule has 3 aromatic carbocycles. The molecule has 1 atom stereocenters. The molecule has 0 aliphatic rings. The Hall–Kier alpha value is -3.27. The number of halogens is 2. The Bertz CT molecular complexity index is 1370. The molecule has 1 N–H and O–H groups in total. The lowest BCUT2D eigenvalue weighted by atomic mass is 10.1. The molecule has 0 saturated heterocycles. The van der Waals surface area contributed by atoms with E-state index >= 15 is 0 Å². The van der Waals surface area contributed by atoms with Gasteiger partial charge in [0.2, 0.25) is 21.8 Å². The van der Waals surface area contributed by atoms with Crippen LogP contribution in [0.4, 0.5) is 5.69 Å². The zero-order valence-electron chi connectivity index (χ0n) is 21.2. The molecule has 0 bridgehead atoms. The van der Waals surface area contributed by atoms with Crippen molar-refractivity contribution in [3.05, 3.63) is 88.4 Å². The summed E-state index contributed by atoms with van der Waals surface area (Å²) in [5, 5.41) is 3.24. The summed E-state index contributed by atoms with van der Waals surface area (Å²) in [5.41, 5.74) is 0.923. The zero-order chi connectivity index (χ0) is 27.9. The largest absolute Gasteiger partial charge is 0.457 e. The third kappa shape index (κ3) is 7.63. The lowest BCUT2D eigenvalue weighted by molar-refractivity contribution is -0.140. The fourth-order valence-corrected chi connectivity index (χ4v) is 5.01. The number of sulfonamides is 1. The van der Waals surface area contributed by atoms with Crippen molar-refractivity contribution in [3.63, 3.8) is 0 Å². The van der Waals surface area contributed by atoms with Gasteiger partial charge in [-0.05, 0) is 60.5 Å². The number of carbonyl (C=O) groups is 2. The minimum absolute atomic E-state index is 0.0309. The highest BCUT2D eigenvalue weighted by Crippen LogP contribution is 2.27. The molecule has 0 aliphatic heterocycles. The number of rotatable bonds is 11. The van der Waals surface area contributed by atoms with Crippen molar-refractivity contribution in [3.8, 4) is 11.5 Å². The molecular weight excluding hydrogens is 549 g/mol. The highest BCUT2D eigenvalue weighted by atomic mass is 35.5. The lowest BCUT2D eigenvalue weighted by Gasteiger charge is -2.32. The third-order valence-corrected chi connectivity index (χ3v) is 7.63. The molecule has 38 heavy (non-hydrogen) atoms. The van der Waals surface area contributed by atoms with Crippen LogP contribution in [0.5, 0.6) is 11.5 Å². The topological polar surface area (TPSA) is 96.0 Å². The molecule has 0 unspecified atom stereocenters. The number of para-hydroxylation sites is 1. The van der Waals surface area contributed by atoms with Crippen LogP contribution in [0.25, 0.3) is 0 Å². The molecule has 0 fully saturated rings. The summed E-state index contributed by atoms with van der Waals surface area (Å²) in [6.45, 7) is 1.30. The van der Waals surface area contributed by atoms with Gasteiger partial charge in [-0.25, -0.2) is 8.42 Å². The number of carbonyl (C=O) groups excluding carboxylic acids is 2. The summed E-state index contributed by atoms with van der Waals surface area (Å²) >= 11 is 12.2. The molecule has 3 rings (SSSR count). The van der Waals surface area contributed by atoms with Crippen molar-refractivity contribution in [1.29, 1.82) is 0 Å². The molecule has 3 aromatic rings. The van der Waals surface area contributed by atoms with Gasteiger partial charge < -0.3 is 15.0 Å². The van der Waals surface area contributed by atoms with E-state index in [9.17, 15) is 18.0 Å². The highest BCUT2D eigenvalue weighted by Gasteiger charge is 2.31. The van der Waals surface area contributed by atoms with Crippen molar-refractivity contribution >= 4 is 50.7 Å². The molecule has 0 radical (unpaired) electrons. The fraction of sp³-hybridized carbons (Fsp3) is 0.259. The average Bonchev–Trinajstić information content (AvgIpc) is 2.89. The number of hydrogen-bond acceptors (Lipinski definition) is 5. The second-order valence-electron chi connectivity index (χ2n) is 8.49. The Morgan fingerprint density at radius 3 is 2.13 bits per heavy atom. The van der Waals surface area contributed by atoms with Crippen molar-refractivity contribution in [1.82, 2.24) is 10.2 Å². The number of hydrogen-bond donors (Lipinski definition) is 1. The maximum Gasteiger partial charge on any atom is 0.244 e. The van der Waals surface area contributed by atoms with Crippen LogP contribution in [-0.4, -0.2) is 51.0 Å². The van der Waals surface area contributed by atoms with Gasteiger partial charge in [0.25, 0.3) is 0 Å². The van der Waals surface area contributed by atoms with Crippen LogP contribution in [0, 0.1) is 0 Å². The predicted molar refractivity (Wildman–Crippen MR) is 150 cm³/mol. The van der Waals surface area contributed by atoms with Crippen molar-refractivity contribution in [2.75, 3.05) is 24.2 Å². The van der Waals surface area contributed by atoms with Gasteiger partial charge >= 0.3 is 0 Å². The second kappa shape index (κ2) is 13.0. The van der Waals surface area contributed by atoms with Gasteiger partial charge in [-0.1, -0.05) is 54.4 Å². The SMILES string of the molecule is CC[C@@H](C(=O)NC)N(Cc1ccc(Cl)c(Cl)c1)C(=O)CN(c1ccc(Oc2ccccc2)cc1)S(C)(=O)=O. The van der Waals surface area contributed by atoms with Crippen LogP contribution in [0.15, 0.2) is 72.8 Å². The Kier molecular flexibility index (Phi) is 10.0. The molecular formula is C27H29Cl2N3O5S. The quantitative estimate of drug-likeness (QED) is 0.342. The number of benzene rings is 3. The molecule has 0 heterocycles. The highest BCUT2D eigenvalue weighted by molar-refractivity contribution is 7.92. The molecule has 202 valence electrons. The summed E-state index contributed by atoms with van der Waals surface area (Å²) in [6, 6.07) is 19.6. The van der Waals surface area contributed by atoms with Crippen LogP contribution >= 0.6 is 23.2 Å². The molecule has 2 amide bonds. The maximum absolute atomic E-state index is 13.6. The third-order valence-electron chi connectivity index (χ3n) is 5.75. The lowest BCUT2D eigenvalue weighted by Crippen LogP contribution is -2.51. The van der Waals surface area contributed by atoms with Gasteiger partial charge in [-0.3, -0.25) is 13.9 Å². The van der Waals surface area contributed by atoms with E-state index in [-0.39, 0.29) is 18.1 Å². The van der Waals surface area contributed by atoms with E-state index in [0.29, 0.717) is 33.5 Å². The summed E-state index contributed by atoms with van der Waals surface area (Å²) in [5.74, 6) is 0.218. The van der Waals surface area contributed by atoms with Gasteiger partial charge in [-0.15, -0.1) is 0 Å². The van der Waals surface area contributed by atoms with E-state index in [4.69, 9.17) is 27.9 Å². The summed E-state index contributed by atoms with van der Waals surface area (Å²) < 4.78 is 32.3. The van der Waals surface area contributed by atoms with Crippen LogP contribution in [0.2, 0.25) is 10.0 Å². The van der Waals surface area contributed by atoms with Gasteiger partial charge in [0.05, 0.1) is 22.0 Å². The van der Waals surface area contributed by atoms with Crippen LogP contribution in [0.3, 0.4) is 0 Å². The minimum Gasteiger partial charge on any atom is -0.457 e. The zero-order valence-corrected chi connectivity index (χ0v) is 23.6. The van der Waals surface area contributed by atoms with E-state index in [2.05, 4.69) is 5.32 Å². The molecule has 0 spiro atoms. The Balaban J connectivity index is 1.89. The average molecular weight is 579 g/mol. The Morgan fingerprint density at radius 1 is 0.947 bits per heavy atom. The maximum atomic E-state index is 13.6. The van der Waals surface area contributed by atoms with Gasteiger partial charge in [-0.2, -0.15) is 0 Å². The predicted octanol–water partition coefficient (Wildman–Crippen LogP) is 5.11. The molecule has 0 aliphatic carbocycles. The molecule has 0 saturated carbocycles. The number of nitrogens with zero attached hydrogens (tertiary/aromatic N) is 2. The summed E-state index contributed by atoms with van der Waals surface area (Å²) in [6.07, 6.45) is 1.34. The molecule has 0 aromatic heterocycles. The van der Waals surface area contributed by atoms with E-state index in [1.54, 1.807) is 61.5 Å². The molecule has 8 nitrogen and oxygen atoms in total. The summed E-state index contributed by atoms with van der Waals surface area (Å²) in [7, 11) is -2.37. The minimum atomic E-state index is -3.86. The van der Waals surface area contributed by atoms with Gasteiger partial charge in [0, 0.05) is 13.6 Å². The smallest absolute Gasteiger partial charge is 0.244 e. The number of likely N-dealkylation sites (N-methyl/N-ethyl adjacent to an activating group) is 1. The summed E-state index contributed by atoms with van der Waals surface area (Å²) in [4.78, 5) is 27.6.